The number of anilines is 3. The molecule has 262 valence electrons. The van der Waals surface area contributed by atoms with E-state index >= 15 is 0 Å². The van der Waals surface area contributed by atoms with Gasteiger partial charge in [0.25, 0.3) is 0 Å². The predicted molar refractivity (Wildman–Crippen MR) is 230 cm³/mol. The molecule has 0 fully saturated rings. The number of para-hydroxylation sites is 4. The van der Waals surface area contributed by atoms with E-state index < -0.39 is 0 Å². The maximum Gasteiger partial charge on any atom is 0.164 e. The summed E-state index contributed by atoms with van der Waals surface area (Å²) in [4.78, 5) is 17.3. The van der Waals surface area contributed by atoms with E-state index in [4.69, 9.17) is 15.0 Å². The van der Waals surface area contributed by atoms with Crippen molar-refractivity contribution in [2.24, 2.45) is 0 Å². The third kappa shape index (κ3) is 5.21. The zero-order valence-corrected chi connectivity index (χ0v) is 30.3. The van der Waals surface area contributed by atoms with Crippen molar-refractivity contribution >= 4 is 38.9 Å². The molecule has 0 bridgehead atoms. The molecule has 1 aliphatic rings. The Morgan fingerprint density at radius 1 is 0.304 bits per heavy atom. The number of rotatable bonds is 5. The first-order valence-corrected chi connectivity index (χ1v) is 18.9. The predicted octanol–water partition coefficient (Wildman–Crippen LogP) is 13.1. The highest BCUT2D eigenvalue weighted by Gasteiger charge is 2.27. The lowest BCUT2D eigenvalue weighted by molar-refractivity contribution is 1.07. The standard InChI is InChI=1S/C51H33N5/c1-4-16-34(17-5-1)49-52-50(35-18-6-2-7-19-35)54-51(53-49)36-28-30-38(31-29-36)56-47-27-15-12-24-41(47)44-32-42-39-22-10-13-25-45(39)55(37-20-8-3-9-21-37)46-26-14-11-23-40(46)43(42)33-48(44)56/h1-33H. The van der Waals surface area contributed by atoms with Crippen molar-refractivity contribution in [3.63, 3.8) is 0 Å². The Balaban J connectivity index is 1.10. The van der Waals surface area contributed by atoms with Crippen LogP contribution in [0.25, 0.3) is 83.9 Å². The summed E-state index contributed by atoms with van der Waals surface area (Å²) in [5.41, 5.74) is 14.4. The van der Waals surface area contributed by atoms with Crippen LogP contribution in [0.4, 0.5) is 17.1 Å². The van der Waals surface area contributed by atoms with Crippen molar-refractivity contribution in [3.8, 4) is 62.1 Å². The van der Waals surface area contributed by atoms with Crippen LogP contribution in [0.3, 0.4) is 0 Å². The number of nitrogens with zero attached hydrogens (tertiary/aromatic N) is 5. The molecule has 0 spiro atoms. The molecule has 56 heavy (non-hydrogen) atoms. The van der Waals surface area contributed by atoms with E-state index in [1.54, 1.807) is 0 Å². The Hall–Kier alpha value is -7.63. The van der Waals surface area contributed by atoms with E-state index in [9.17, 15) is 0 Å². The van der Waals surface area contributed by atoms with Crippen LogP contribution in [0.1, 0.15) is 0 Å². The monoisotopic (exact) mass is 715 g/mol. The normalized spacial score (nSPS) is 11.9. The minimum absolute atomic E-state index is 0.634. The molecular weight excluding hydrogens is 683 g/mol. The topological polar surface area (TPSA) is 46.8 Å². The average Bonchev–Trinajstić information content (AvgIpc) is 3.54. The molecule has 5 heteroatoms. The molecule has 5 nitrogen and oxygen atoms in total. The Labute approximate surface area is 324 Å². The zero-order valence-electron chi connectivity index (χ0n) is 30.3. The molecule has 8 aromatic carbocycles. The van der Waals surface area contributed by atoms with Crippen molar-refractivity contribution in [1.82, 2.24) is 19.5 Å². The summed E-state index contributed by atoms with van der Waals surface area (Å²) in [5, 5.41) is 2.42. The van der Waals surface area contributed by atoms with Crippen molar-refractivity contribution in [2.75, 3.05) is 4.90 Å². The largest absolute Gasteiger partial charge is 0.309 e. The lowest BCUT2D eigenvalue weighted by atomic mass is 9.92. The van der Waals surface area contributed by atoms with Gasteiger partial charge in [-0.15, -0.1) is 0 Å². The summed E-state index contributed by atoms with van der Waals surface area (Å²) in [6, 6.07) is 70.6. The summed E-state index contributed by atoms with van der Waals surface area (Å²) >= 11 is 0. The molecule has 0 unspecified atom stereocenters. The van der Waals surface area contributed by atoms with Gasteiger partial charge >= 0.3 is 0 Å². The van der Waals surface area contributed by atoms with Crippen LogP contribution in [0, 0.1) is 0 Å². The van der Waals surface area contributed by atoms with E-state index in [1.807, 2.05) is 60.7 Å². The second-order valence-corrected chi connectivity index (χ2v) is 14.1. The van der Waals surface area contributed by atoms with Gasteiger partial charge in [-0.1, -0.05) is 133 Å². The lowest BCUT2D eigenvalue weighted by Gasteiger charge is -2.27. The Kier molecular flexibility index (Phi) is 7.42. The second kappa shape index (κ2) is 13.0. The molecule has 0 amide bonds. The third-order valence-electron chi connectivity index (χ3n) is 10.8. The van der Waals surface area contributed by atoms with Crippen LogP contribution in [0.2, 0.25) is 0 Å². The molecule has 1 aliphatic heterocycles. The minimum Gasteiger partial charge on any atom is -0.309 e. The summed E-state index contributed by atoms with van der Waals surface area (Å²) in [7, 11) is 0. The minimum atomic E-state index is 0.634. The van der Waals surface area contributed by atoms with E-state index in [0.717, 1.165) is 50.5 Å². The number of benzene rings is 8. The van der Waals surface area contributed by atoms with Gasteiger partial charge in [-0.05, 0) is 77.9 Å². The molecule has 0 radical (unpaired) electrons. The highest BCUT2D eigenvalue weighted by molar-refractivity contribution is 6.14. The fraction of sp³-hybridized carbons (Fsp3) is 0. The maximum atomic E-state index is 4.98. The number of hydrogen-bond donors (Lipinski definition) is 0. The quantitative estimate of drug-likeness (QED) is 0.178. The molecule has 2 aromatic heterocycles. The van der Waals surface area contributed by atoms with E-state index in [-0.39, 0.29) is 0 Å². The first kappa shape index (κ1) is 31.9. The molecule has 3 heterocycles. The molecule has 11 rings (SSSR count). The van der Waals surface area contributed by atoms with Crippen molar-refractivity contribution < 1.29 is 0 Å². The van der Waals surface area contributed by atoms with Crippen molar-refractivity contribution in [3.05, 3.63) is 200 Å². The summed E-state index contributed by atoms with van der Waals surface area (Å²) in [6.45, 7) is 0. The van der Waals surface area contributed by atoms with Crippen LogP contribution in [0.5, 0.6) is 0 Å². The van der Waals surface area contributed by atoms with E-state index in [2.05, 4.69) is 149 Å². The van der Waals surface area contributed by atoms with Crippen LogP contribution < -0.4 is 4.90 Å². The lowest BCUT2D eigenvalue weighted by Crippen LogP contribution is -2.10. The molecule has 0 N–H and O–H groups in total. The SMILES string of the molecule is c1ccc(-c2nc(-c3ccccc3)nc(-c3ccc(-n4c5ccccc5c5cc6c(cc54)-c4ccccc4N(c4ccccc4)c4ccccc4-6)cc3)n2)cc1. The van der Waals surface area contributed by atoms with Gasteiger partial charge < -0.3 is 9.47 Å². The Morgan fingerprint density at radius 2 is 0.768 bits per heavy atom. The average molecular weight is 716 g/mol. The van der Waals surface area contributed by atoms with Gasteiger partial charge in [0, 0.05) is 50.0 Å². The van der Waals surface area contributed by atoms with Gasteiger partial charge in [0.2, 0.25) is 0 Å². The number of aromatic nitrogens is 4. The zero-order chi connectivity index (χ0) is 37.0. The molecule has 10 aromatic rings. The van der Waals surface area contributed by atoms with Crippen molar-refractivity contribution in [1.29, 1.82) is 0 Å². The van der Waals surface area contributed by atoms with Crippen LogP contribution in [-0.2, 0) is 0 Å². The summed E-state index contributed by atoms with van der Waals surface area (Å²) in [6.07, 6.45) is 0. The van der Waals surface area contributed by atoms with Crippen molar-refractivity contribution in [2.45, 2.75) is 0 Å². The number of hydrogen-bond acceptors (Lipinski definition) is 4. The summed E-state index contributed by atoms with van der Waals surface area (Å²) in [5.74, 6) is 1.93. The van der Waals surface area contributed by atoms with E-state index in [1.165, 1.54) is 33.0 Å². The molecule has 0 saturated heterocycles. The Morgan fingerprint density at radius 3 is 1.36 bits per heavy atom. The Bertz CT molecular complexity index is 3010. The van der Waals surface area contributed by atoms with Crippen LogP contribution in [0.15, 0.2) is 200 Å². The van der Waals surface area contributed by atoms with Gasteiger partial charge in [0.05, 0.1) is 22.4 Å². The fourth-order valence-electron chi connectivity index (χ4n) is 8.21. The second-order valence-electron chi connectivity index (χ2n) is 14.1. The number of fused-ring (bicyclic) bond motifs is 8. The highest BCUT2D eigenvalue weighted by Crippen LogP contribution is 2.52. The molecular formula is C51H33N5. The van der Waals surface area contributed by atoms with Gasteiger partial charge in [-0.3, -0.25) is 0 Å². The fourth-order valence-corrected chi connectivity index (χ4v) is 8.21. The maximum absolute atomic E-state index is 4.98. The van der Waals surface area contributed by atoms with E-state index in [0.29, 0.717) is 17.5 Å². The first-order valence-electron chi connectivity index (χ1n) is 18.9. The first-order chi connectivity index (χ1) is 27.8. The molecule has 0 aliphatic carbocycles. The van der Waals surface area contributed by atoms with Crippen LogP contribution >= 0.6 is 0 Å². The van der Waals surface area contributed by atoms with Gasteiger partial charge in [0.15, 0.2) is 17.5 Å². The molecule has 0 saturated carbocycles. The molecule has 0 atom stereocenters. The summed E-state index contributed by atoms with van der Waals surface area (Å²) < 4.78 is 2.39. The third-order valence-corrected chi connectivity index (χ3v) is 10.8. The highest BCUT2D eigenvalue weighted by atomic mass is 15.1. The van der Waals surface area contributed by atoms with Crippen LogP contribution in [-0.4, -0.2) is 19.5 Å². The smallest absolute Gasteiger partial charge is 0.164 e. The van der Waals surface area contributed by atoms with Gasteiger partial charge in [0.1, 0.15) is 0 Å². The van der Waals surface area contributed by atoms with Gasteiger partial charge in [-0.2, -0.15) is 0 Å². The van der Waals surface area contributed by atoms with Gasteiger partial charge in [-0.25, -0.2) is 15.0 Å².